The van der Waals surface area contributed by atoms with Crippen LogP contribution in [0.25, 0.3) is 21.5 Å². The molecule has 3 aromatic carbocycles. The van der Waals surface area contributed by atoms with Gasteiger partial charge in [0, 0.05) is 5.56 Å². The molecule has 0 aliphatic carbocycles. The van der Waals surface area contributed by atoms with Gasteiger partial charge in [0.2, 0.25) is 0 Å². The molecule has 100 valence electrons. The predicted octanol–water partition coefficient (Wildman–Crippen LogP) is 5.39. The normalized spacial score (nSPS) is 9.90. The van der Waals surface area contributed by atoms with Crippen molar-refractivity contribution in [2.75, 3.05) is 0 Å². The Morgan fingerprint density at radius 2 is 1.35 bits per heavy atom. The molecule has 0 saturated heterocycles. The van der Waals surface area contributed by atoms with E-state index in [1.165, 1.54) is 6.08 Å². The number of ketones is 1. The van der Waals surface area contributed by atoms with Crippen LogP contribution < -0.4 is 0 Å². The van der Waals surface area contributed by atoms with Crippen LogP contribution in [0.2, 0.25) is 0 Å². The van der Waals surface area contributed by atoms with E-state index in [0.717, 1.165) is 27.1 Å². The first-order chi connectivity index (χ1) is 9.81. The largest absolute Gasteiger partial charge is 0.289 e. The highest BCUT2D eigenvalue weighted by molar-refractivity contribution is 6.22. The minimum absolute atomic E-state index is 0.0250. The lowest BCUT2D eigenvalue weighted by molar-refractivity contribution is 0.105. The fourth-order valence-electron chi connectivity index (χ4n) is 2.38. The van der Waals surface area contributed by atoms with Crippen molar-refractivity contribution in [3.8, 4) is 0 Å². The van der Waals surface area contributed by atoms with Crippen LogP contribution in [0.3, 0.4) is 0 Å². The Morgan fingerprint density at radius 3 is 1.80 bits per heavy atom. The summed E-state index contributed by atoms with van der Waals surface area (Å²) in [5, 5.41) is 4.14. The van der Waals surface area contributed by atoms with Crippen LogP contribution in [0.1, 0.15) is 24.2 Å². The first-order valence-corrected chi connectivity index (χ1v) is 6.88. The van der Waals surface area contributed by atoms with Gasteiger partial charge in [0.15, 0.2) is 5.78 Å². The molecule has 3 rings (SSSR count). The number of benzene rings is 3. The van der Waals surface area contributed by atoms with Crippen molar-refractivity contribution >= 4 is 27.3 Å². The van der Waals surface area contributed by atoms with E-state index in [1.807, 2.05) is 62.4 Å². The SMILES string of the molecule is C=CC(=O)c1c2ccccc2cc2ccccc12.CC. The number of carbonyl (C=O) groups is 1. The average molecular weight is 262 g/mol. The predicted molar refractivity (Wildman–Crippen MR) is 87.3 cm³/mol. The van der Waals surface area contributed by atoms with Gasteiger partial charge >= 0.3 is 0 Å². The minimum Gasteiger partial charge on any atom is -0.289 e. The minimum atomic E-state index is -0.0250. The van der Waals surface area contributed by atoms with Crippen molar-refractivity contribution in [1.82, 2.24) is 0 Å². The molecular formula is C19H18O. The Kier molecular flexibility index (Phi) is 4.31. The molecule has 0 N–H and O–H groups in total. The second-order valence-electron chi connectivity index (χ2n) is 4.26. The second kappa shape index (κ2) is 6.16. The Morgan fingerprint density at radius 1 is 0.900 bits per heavy atom. The van der Waals surface area contributed by atoms with E-state index in [0.29, 0.717) is 0 Å². The van der Waals surface area contributed by atoms with Crippen molar-refractivity contribution in [1.29, 1.82) is 0 Å². The van der Waals surface area contributed by atoms with E-state index in [9.17, 15) is 4.79 Å². The fraction of sp³-hybridized carbons (Fsp3) is 0.105. The summed E-state index contributed by atoms with van der Waals surface area (Å²) in [6, 6.07) is 18.0. The maximum absolute atomic E-state index is 12.1. The van der Waals surface area contributed by atoms with Crippen LogP contribution in [0, 0.1) is 0 Å². The van der Waals surface area contributed by atoms with Crippen LogP contribution in [-0.2, 0) is 0 Å². The maximum atomic E-state index is 12.1. The first kappa shape index (κ1) is 14.0. The quantitative estimate of drug-likeness (QED) is 0.344. The third-order valence-corrected chi connectivity index (χ3v) is 3.20. The third kappa shape index (κ3) is 2.35. The molecule has 1 heteroatoms. The van der Waals surface area contributed by atoms with E-state index in [-0.39, 0.29) is 5.78 Å². The molecule has 0 atom stereocenters. The van der Waals surface area contributed by atoms with Crippen LogP contribution >= 0.6 is 0 Å². The standard InChI is InChI=1S/C17H12O.C2H6/c1-2-16(18)17-14-9-5-3-7-12(14)11-13-8-4-6-10-15(13)17;1-2/h2-11H,1H2;1-2H3. The van der Waals surface area contributed by atoms with E-state index in [2.05, 4.69) is 12.6 Å². The van der Waals surface area contributed by atoms with Crippen LogP contribution in [0.5, 0.6) is 0 Å². The second-order valence-corrected chi connectivity index (χ2v) is 4.26. The van der Waals surface area contributed by atoms with Gasteiger partial charge < -0.3 is 0 Å². The molecule has 0 radical (unpaired) electrons. The molecular weight excluding hydrogens is 244 g/mol. The van der Waals surface area contributed by atoms with Gasteiger partial charge in [-0.3, -0.25) is 4.79 Å². The highest BCUT2D eigenvalue weighted by Gasteiger charge is 2.11. The zero-order chi connectivity index (χ0) is 14.5. The number of allylic oxidation sites excluding steroid dienone is 1. The molecule has 0 spiro atoms. The van der Waals surface area contributed by atoms with E-state index in [1.54, 1.807) is 0 Å². The Bertz CT molecular complexity index is 715. The van der Waals surface area contributed by atoms with E-state index >= 15 is 0 Å². The van der Waals surface area contributed by atoms with Gasteiger partial charge in [-0.1, -0.05) is 69.0 Å². The number of fused-ring (bicyclic) bond motifs is 2. The lowest BCUT2D eigenvalue weighted by Gasteiger charge is -2.08. The summed E-state index contributed by atoms with van der Waals surface area (Å²) >= 11 is 0. The molecule has 0 amide bonds. The molecule has 0 aliphatic heterocycles. The zero-order valence-electron chi connectivity index (χ0n) is 11.9. The number of hydrogen-bond acceptors (Lipinski definition) is 1. The molecule has 0 saturated carbocycles. The average Bonchev–Trinajstić information content (AvgIpc) is 2.53. The highest BCUT2D eigenvalue weighted by Crippen LogP contribution is 2.28. The van der Waals surface area contributed by atoms with Gasteiger partial charge in [0.1, 0.15) is 0 Å². The summed E-state index contributed by atoms with van der Waals surface area (Å²) in [6.45, 7) is 7.60. The molecule has 0 fully saturated rings. The summed E-state index contributed by atoms with van der Waals surface area (Å²) in [4.78, 5) is 12.1. The van der Waals surface area contributed by atoms with Gasteiger partial charge in [0.05, 0.1) is 0 Å². The molecule has 0 unspecified atom stereocenters. The molecule has 0 aliphatic rings. The van der Waals surface area contributed by atoms with Gasteiger partial charge in [-0.15, -0.1) is 0 Å². The van der Waals surface area contributed by atoms with Crippen molar-refractivity contribution in [3.05, 3.63) is 72.8 Å². The number of hydrogen-bond donors (Lipinski definition) is 0. The summed E-state index contributed by atoms with van der Waals surface area (Å²) in [6.07, 6.45) is 1.38. The Labute approximate surface area is 119 Å². The maximum Gasteiger partial charge on any atom is 0.186 e. The molecule has 0 heterocycles. The number of carbonyl (C=O) groups excluding carboxylic acids is 1. The topological polar surface area (TPSA) is 17.1 Å². The molecule has 0 aromatic heterocycles. The number of rotatable bonds is 2. The third-order valence-electron chi connectivity index (χ3n) is 3.20. The summed E-state index contributed by atoms with van der Waals surface area (Å²) in [5.41, 5.74) is 0.749. The van der Waals surface area contributed by atoms with Crippen molar-refractivity contribution < 1.29 is 4.79 Å². The molecule has 20 heavy (non-hydrogen) atoms. The van der Waals surface area contributed by atoms with E-state index in [4.69, 9.17) is 0 Å². The van der Waals surface area contributed by atoms with Crippen LogP contribution in [-0.4, -0.2) is 5.78 Å². The summed E-state index contributed by atoms with van der Waals surface area (Å²) in [7, 11) is 0. The lowest BCUT2D eigenvalue weighted by atomic mass is 9.94. The molecule has 0 bridgehead atoms. The highest BCUT2D eigenvalue weighted by atomic mass is 16.1. The van der Waals surface area contributed by atoms with Crippen molar-refractivity contribution in [2.24, 2.45) is 0 Å². The van der Waals surface area contributed by atoms with Gasteiger partial charge in [0.25, 0.3) is 0 Å². The van der Waals surface area contributed by atoms with E-state index < -0.39 is 0 Å². The monoisotopic (exact) mass is 262 g/mol. The van der Waals surface area contributed by atoms with Crippen molar-refractivity contribution in [2.45, 2.75) is 13.8 Å². The van der Waals surface area contributed by atoms with Crippen LogP contribution in [0.15, 0.2) is 67.3 Å². The zero-order valence-corrected chi connectivity index (χ0v) is 11.9. The van der Waals surface area contributed by atoms with Gasteiger partial charge in [-0.05, 0) is 33.7 Å². The Balaban J connectivity index is 0.000000704. The fourth-order valence-corrected chi connectivity index (χ4v) is 2.38. The van der Waals surface area contributed by atoms with Crippen LogP contribution in [0.4, 0.5) is 0 Å². The Hall–Kier alpha value is -2.41. The smallest absolute Gasteiger partial charge is 0.186 e. The molecule has 1 nitrogen and oxygen atoms in total. The summed E-state index contributed by atoms with van der Waals surface area (Å²) < 4.78 is 0. The first-order valence-electron chi connectivity index (χ1n) is 6.88. The summed E-state index contributed by atoms with van der Waals surface area (Å²) in [5.74, 6) is -0.0250. The van der Waals surface area contributed by atoms with Crippen molar-refractivity contribution in [3.63, 3.8) is 0 Å². The molecule has 3 aromatic rings. The van der Waals surface area contributed by atoms with Gasteiger partial charge in [-0.2, -0.15) is 0 Å². The van der Waals surface area contributed by atoms with Gasteiger partial charge in [-0.25, -0.2) is 0 Å². The lowest BCUT2D eigenvalue weighted by Crippen LogP contribution is -1.97.